The van der Waals surface area contributed by atoms with Crippen molar-refractivity contribution in [1.29, 1.82) is 0 Å². The number of ether oxygens (including phenoxy) is 3. The number of likely N-dealkylation sites (N-methyl/N-ethyl adjacent to an activating group) is 1. The number of carbonyl (C=O) groups is 1. The van der Waals surface area contributed by atoms with E-state index in [4.69, 9.17) is 25.8 Å². The lowest BCUT2D eigenvalue weighted by Crippen LogP contribution is -2.46. The van der Waals surface area contributed by atoms with Gasteiger partial charge in [0.25, 0.3) is 0 Å². The van der Waals surface area contributed by atoms with E-state index in [0.29, 0.717) is 56.5 Å². The predicted molar refractivity (Wildman–Crippen MR) is 247 cm³/mol. The molecule has 0 aliphatic carbocycles. The third-order valence-electron chi connectivity index (χ3n) is 12.0. The Hall–Kier alpha value is -6.10. The van der Waals surface area contributed by atoms with Gasteiger partial charge >= 0.3 is 5.97 Å². The summed E-state index contributed by atoms with van der Waals surface area (Å²) in [5, 5.41) is 12.0. The lowest BCUT2D eigenvalue weighted by Gasteiger charge is -2.34. The molecule has 3 aliphatic rings. The van der Waals surface area contributed by atoms with Crippen LogP contribution in [0.15, 0.2) is 91.4 Å². The molecular weight excluding hydrogens is 872 g/mol. The molecule has 7 aromatic rings. The number of carboxylic acids is 1. The summed E-state index contributed by atoms with van der Waals surface area (Å²) in [6.07, 6.45) is 1.43. The number of nitrogens with zero attached hydrogens (tertiary/aromatic N) is 7. The first kappa shape index (κ1) is 44.1. The number of carboxylic acid groups (broad SMARTS) is 1. The Bertz CT molecular complexity index is 2880. The maximum absolute atomic E-state index is 14.6. The van der Waals surface area contributed by atoms with Crippen molar-refractivity contribution in [2.24, 2.45) is 0 Å². The molecule has 3 aromatic heterocycles. The topological polar surface area (TPSA) is 126 Å². The van der Waals surface area contributed by atoms with Crippen LogP contribution in [0.2, 0.25) is 5.02 Å². The van der Waals surface area contributed by atoms with E-state index in [9.17, 15) is 18.7 Å². The van der Waals surface area contributed by atoms with Gasteiger partial charge in [0.05, 0.1) is 23.8 Å². The fraction of sp³-hybridized carbons (Fsp3) is 0.286. The van der Waals surface area contributed by atoms with E-state index < -0.39 is 17.9 Å². The number of thiophene rings is 1. The average molecular weight is 918 g/mol. The molecule has 334 valence electrons. The zero-order valence-electron chi connectivity index (χ0n) is 36.1. The van der Waals surface area contributed by atoms with Crippen molar-refractivity contribution in [2.75, 3.05) is 53.4 Å². The Morgan fingerprint density at radius 1 is 0.923 bits per heavy atom. The van der Waals surface area contributed by atoms with Gasteiger partial charge in [0.2, 0.25) is 12.0 Å². The second-order valence-corrected chi connectivity index (χ2v) is 17.7. The number of para-hydroxylation sites is 1. The van der Waals surface area contributed by atoms with Crippen LogP contribution in [0.25, 0.3) is 43.2 Å². The SMILES string of the molecule is COc1c(F)cccc1-c1nccc(COc2ccc3cc2C[C@H](C(=O)O)Oc2ncnc4sc(-c5ccc(F)cc5)c(c24)-c2ccc(c(Cl)c2C)CN(CCN2CCN(C)CC2)C3)n1. The third-order valence-corrected chi connectivity index (χ3v) is 13.7. The minimum absolute atomic E-state index is 0.000346. The number of hydrogen-bond acceptors (Lipinski definition) is 12. The quantitative estimate of drug-likeness (QED) is 0.141. The van der Waals surface area contributed by atoms with E-state index in [1.54, 1.807) is 36.5 Å². The van der Waals surface area contributed by atoms with Crippen LogP contribution in [0, 0.1) is 18.6 Å². The van der Waals surface area contributed by atoms with Crippen molar-refractivity contribution < 1.29 is 32.9 Å². The van der Waals surface area contributed by atoms with Crippen molar-refractivity contribution in [2.45, 2.75) is 39.1 Å². The highest BCUT2D eigenvalue weighted by Crippen LogP contribution is 2.49. The first-order chi connectivity index (χ1) is 31.5. The number of halogens is 3. The predicted octanol–water partition coefficient (Wildman–Crippen LogP) is 8.95. The minimum atomic E-state index is -1.41. The first-order valence-electron chi connectivity index (χ1n) is 21.3. The van der Waals surface area contributed by atoms with Gasteiger partial charge in [-0.25, -0.2) is 33.5 Å². The van der Waals surface area contributed by atoms with Crippen molar-refractivity contribution in [3.8, 4) is 50.3 Å². The molecule has 4 bridgehead atoms. The highest BCUT2D eigenvalue weighted by atomic mass is 35.5. The van der Waals surface area contributed by atoms with E-state index in [-0.39, 0.29) is 36.3 Å². The van der Waals surface area contributed by atoms with Crippen LogP contribution < -0.4 is 14.2 Å². The lowest BCUT2D eigenvalue weighted by molar-refractivity contribution is -0.145. The summed E-state index contributed by atoms with van der Waals surface area (Å²) in [5.41, 5.74) is 6.50. The Labute approximate surface area is 384 Å². The average Bonchev–Trinajstić information content (AvgIpc) is 3.70. The Morgan fingerprint density at radius 2 is 1.72 bits per heavy atom. The zero-order chi connectivity index (χ0) is 45.2. The Morgan fingerprint density at radius 3 is 2.51 bits per heavy atom. The molecule has 6 heterocycles. The van der Waals surface area contributed by atoms with Crippen LogP contribution in [-0.2, 0) is 30.9 Å². The largest absolute Gasteiger partial charge is 0.493 e. The molecule has 4 aromatic carbocycles. The fourth-order valence-corrected chi connectivity index (χ4v) is 9.83. The summed E-state index contributed by atoms with van der Waals surface area (Å²) in [6.45, 7) is 8.65. The van der Waals surface area contributed by atoms with Gasteiger partial charge in [0, 0.05) is 80.4 Å². The highest BCUT2D eigenvalue weighted by Gasteiger charge is 2.29. The first-order valence-corrected chi connectivity index (χ1v) is 22.5. The van der Waals surface area contributed by atoms with E-state index >= 15 is 0 Å². The van der Waals surface area contributed by atoms with Gasteiger partial charge < -0.3 is 24.2 Å². The summed E-state index contributed by atoms with van der Waals surface area (Å²) in [6, 6.07) is 22.4. The second-order valence-electron chi connectivity index (χ2n) is 16.3. The van der Waals surface area contributed by atoms with Crippen LogP contribution in [0.3, 0.4) is 0 Å². The lowest BCUT2D eigenvalue weighted by atomic mass is 9.94. The summed E-state index contributed by atoms with van der Waals surface area (Å²) in [7, 11) is 3.53. The molecular formula is C49H46ClF2N7O5S. The zero-order valence-corrected chi connectivity index (χ0v) is 37.6. The number of fused-ring (bicyclic) bond motifs is 6. The Balaban J connectivity index is 1.13. The summed E-state index contributed by atoms with van der Waals surface area (Å²) >= 11 is 8.75. The molecule has 0 saturated carbocycles. The number of piperazine rings is 1. The molecule has 0 unspecified atom stereocenters. The van der Waals surface area contributed by atoms with Crippen LogP contribution in [0.1, 0.15) is 27.9 Å². The molecule has 1 N–H and O–H groups in total. The molecule has 65 heavy (non-hydrogen) atoms. The monoisotopic (exact) mass is 917 g/mol. The molecule has 12 nitrogen and oxygen atoms in total. The number of benzene rings is 4. The molecule has 0 radical (unpaired) electrons. The van der Waals surface area contributed by atoms with E-state index in [1.807, 2.05) is 37.3 Å². The molecule has 1 atom stereocenters. The number of hydrogen-bond donors (Lipinski definition) is 1. The van der Waals surface area contributed by atoms with Gasteiger partial charge in [-0.15, -0.1) is 11.3 Å². The standard InChI is InChI=1S/C49H46ClF2N7O5S/c1-29-36-13-10-32(43(29)50)26-59(22-21-58-19-17-57(2)18-20-58)25-30-7-14-39(63-27-35-15-16-53-46(56-35)37-5-4-6-38(52)44(37)62-3)33(23-30)24-40(49(60)61)64-47-42-41(36)45(65-48(42)55-28-54-47)31-8-11-34(51)12-9-31/h4-16,23,28,40H,17-22,24-27H2,1-3H3,(H,60,61)/t40-/m1/s1. The van der Waals surface area contributed by atoms with Crippen LogP contribution in [0.4, 0.5) is 8.78 Å². The van der Waals surface area contributed by atoms with Crippen molar-refractivity contribution in [3.63, 3.8) is 0 Å². The number of aliphatic carboxylic acids is 1. The minimum Gasteiger partial charge on any atom is -0.493 e. The molecule has 1 saturated heterocycles. The number of rotatable bonds is 10. The maximum atomic E-state index is 14.6. The highest BCUT2D eigenvalue weighted by molar-refractivity contribution is 7.22. The van der Waals surface area contributed by atoms with Gasteiger partial charge in [-0.05, 0) is 83.8 Å². The molecule has 0 amide bonds. The third kappa shape index (κ3) is 9.51. The number of aromatic nitrogens is 4. The van der Waals surface area contributed by atoms with Gasteiger partial charge in [-0.1, -0.05) is 54.1 Å². The Kier molecular flexibility index (Phi) is 13.0. The molecule has 1 fully saturated rings. The summed E-state index contributed by atoms with van der Waals surface area (Å²) < 4.78 is 47.1. The maximum Gasteiger partial charge on any atom is 0.345 e. The molecule has 0 spiro atoms. The van der Waals surface area contributed by atoms with Crippen molar-refractivity contribution >= 4 is 39.1 Å². The van der Waals surface area contributed by atoms with Gasteiger partial charge in [0.15, 0.2) is 17.4 Å². The summed E-state index contributed by atoms with van der Waals surface area (Å²) in [4.78, 5) is 40.0. The van der Waals surface area contributed by atoms with E-state index in [1.165, 1.54) is 43.0 Å². The van der Waals surface area contributed by atoms with Gasteiger partial charge in [0.1, 0.15) is 29.3 Å². The fourth-order valence-electron chi connectivity index (χ4n) is 8.45. The van der Waals surface area contributed by atoms with Gasteiger partial charge in [-0.3, -0.25) is 9.80 Å². The normalized spacial score (nSPS) is 16.1. The van der Waals surface area contributed by atoms with Crippen molar-refractivity contribution in [1.82, 2.24) is 34.6 Å². The van der Waals surface area contributed by atoms with Crippen LogP contribution >= 0.6 is 22.9 Å². The van der Waals surface area contributed by atoms with E-state index in [0.717, 1.165) is 72.0 Å². The van der Waals surface area contributed by atoms with Gasteiger partial charge in [-0.2, -0.15) is 0 Å². The smallest absolute Gasteiger partial charge is 0.345 e. The molecule has 16 heteroatoms. The van der Waals surface area contributed by atoms with E-state index in [2.05, 4.69) is 41.7 Å². The molecule has 3 aliphatic heterocycles. The van der Waals surface area contributed by atoms with Crippen molar-refractivity contribution in [3.05, 3.63) is 136 Å². The summed E-state index contributed by atoms with van der Waals surface area (Å²) in [5.74, 6) is -1.29. The van der Waals surface area contributed by atoms with Crippen LogP contribution in [-0.4, -0.2) is 105 Å². The molecule has 10 rings (SSSR count). The second kappa shape index (κ2) is 19.2. The number of methoxy groups -OCH3 is 1. The van der Waals surface area contributed by atoms with Crippen LogP contribution in [0.5, 0.6) is 17.4 Å².